The number of aryl methyl sites for hydroxylation is 1. The zero-order chi connectivity index (χ0) is 18.5. The minimum absolute atomic E-state index is 0.0336. The molecule has 3 rings (SSSR count). The number of amides is 1. The second-order valence-electron chi connectivity index (χ2n) is 6.43. The van der Waals surface area contributed by atoms with Crippen LogP contribution in [-0.4, -0.2) is 46.4 Å². The standard InChI is InChI=1S/C20H22N2O4/c1-14-16(7-5-10-21-14)20(25)22-11-3-2-6-15(22)13-26-19-9-4-8-18(24)17(19)12-23/h4-5,7-10,12,15,24H,2-3,6,11,13H2,1H3/p+1/t15-/m0/s1. The molecule has 1 amide bonds. The highest BCUT2D eigenvalue weighted by atomic mass is 16.5. The summed E-state index contributed by atoms with van der Waals surface area (Å²) in [4.78, 5) is 30.2. The summed E-state index contributed by atoms with van der Waals surface area (Å²) in [7, 11) is 0. The molecular weight excluding hydrogens is 332 g/mol. The van der Waals surface area contributed by atoms with E-state index >= 15 is 0 Å². The number of likely N-dealkylation sites (tertiary alicyclic amines) is 1. The quantitative estimate of drug-likeness (QED) is 0.610. The minimum atomic E-state index is -0.0650. The van der Waals surface area contributed by atoms with Gasteiger partial charge in [-0.05, 0) is 50.5 Å². The van der Waals surface area contributed by atoms with E-state index in [1.165, 1.54) is 0 Å². The average molecular weight is 355 g/mol. The lowest BCUT2D eigenvalue weighted by molar-refractivity contribution is 0.0525. The Morgan fingerprint density at radius 2 is 2.19 bits per heavy atom. The molecule has 1 saturated heterocycles. The Balaban J connectivity index is 1.76. The average Bonchev–Trinajstić information content (AvgIpc) is 2.66. The van der Waals surface area contributed by atoms with E-state index in [0.717, 1.165) is 19.3 Å². The van der Waals surface area contributed by atoms with Gasteiger partial charge in [-0.25, -0.2) is 0 Å². The Morgan fingerprint density at radius 1 is 1.35 bits per heavy atom. The topological polar surface area (TPSA) is 82.4 Å². The molecule has 2 N–H and O–H groups in total. The van der Waals surface area contributed by atoms with E-state index in [9.17, 15) is 9.59 Å². The number of aromatic nitrogens is 1. The Morgan fingerprint density at radius 3 is 2.96 bits per heavy atom. The Labute approximate surface area is 152 Å². The fourth-order valence-electron chi connectivity index (χ4n) is 3.28. The van der Waals surface area contributed by atoms with Crippen molar-refractivity contribution in [3.8, 4) is 11.5 Å². The molecule has 6 nitrogen and oxygen atoms in total. The predicted octanol–water partition coefficient (Wildman–Crippen LogP) is 2.71. The van der Waals surface area contributed by atoms with Crippen LogP contribution in [0.3, 0.4) is 0 Å². The maximum atomic E-state index is 13.0. The number of hydrogen-bond acceptors (Lipinski definition) is 4. The Bertz CT molecular complexity index is 806. The molecule has 1 aliphatic rings. The molecular formula is C20H23N2O4+. The normalized spacial score (nSPS) is 17.0. The second kappa shape index (κ2) is 7.99. The van der Waals surface area contributed by atoms with Gasteiger partial charge in [-0.15, -0.1) is 0 Å². The summed E-state index contributed by atoms with van der Waals surface area (Å²) in [6.45, 7) is 2.81. The fourth-order valence-corrected chi connectivity index (χ4v) is 3.28. The van der Waals surface area contributed by atoms with E-state index in [1.54, 1.807) is 36.5 Å². The first kappa shape index (κ1) is 17.9. The molecule has 1 aliphatic heterocycles. The number of carbonyl (C=O) groups is 2. The van der Waals surface area contributed by atoms with Crippen molar-refractivity contribution in [3.05, 3.63) is 53.3 Å². The summed E-state index contributed by atoms with van der Waals surface area (Å²) in [5, 5.41) is 7.80. The number of rotatable bonds is 5. The van der Waals surface area contributed by atoms with Crippen LogP contribution in [0, 0.1) is 6.92 Å². The van der Waals surface area contributed by atoms with Gasteiger partial charge >= 0.3 is 0 Å². The number of piperidine rings is 1. The van der Waals surface area contributed by atoms with Crippen molar-refractivity contribution in [3.63, 3.8) is 0 Å². The van der Waals surface area contributed by atoms with Crippen LogP contribution in [0.2, 0.25) is 0 Å². The summed E-state index contributed by atoms with van der Waals surface area (Å²) >= 11 is 0. The van der Waals surface area contributed by atoms with Crippen molar-refractivity contribution in [2.45, 2.75) is 32.2 Å². The summed E-state index contributed by atoms with van der Waals surface area (Å²) < 4.78 is 5.83. The van der Waals surface area contributed by atoms with Gasteiger partial charge in [0.1, 0.15) is 12.4 Å². The number of benzene rings is 1. The molecule has 1 aromatic carbocycles. The highest BCUT2D eigenvalue weighted by Gasteiger charge is 2.29. The molecule has 2 heterocycles. The fraction of sp³-hybridized carbons (Fsp3) is 0.350. The third-order valence-corrected chi connectivity index (χ3v) is 4.74. The molecule has 0 bridgehead atoms. The molecule has 0 saturated carbocycles. The molecule has 0 spiro atoms. The van der Waals surface area contributed by atoms with Gasteiger partial charge in [0.2, 0.25) is 0 Å². The van der Waals surface area contributed by atoms with Crippen molar-refractivity contribution in [1.29, 1.82) is 0 Å². The SMILES string of the molecule is Cc1ncccc1C(=O)N1CCCC[C@H]1COc1cccc([OH2+])c1C=O. The minimum Gasteiger partial charge on any atom is -0.593 e. The number of nitrogens with zero attached hydrogens (tertiary/aromatic N) is 2. The van der Waals surface area contributed by atoms with Gasteiger partial charge in [-0.2, -0.15) is 0 Å². The highest BCUT2D eigenvalue weighted by Crippen LogP contribution is 2.27. The monoisotopic (exact) mass is 355 g/mol. The Kier molecular flexibility index (Phi) is 5.51. The first-order valence-corrected chi connectivity index (χ1v) is 8.77. The lowest BCUT2D eigenvalue weighted by atomic mass is 10.0. The number of ether oxygens (including phenoxy) is 1. The molecule has 0 radical (unpaired) electrons. The van der Waals surface area contributed by atoms with Crippen molar-refractivity contribution >= 4 is 12.2 Å². The van der Waals surface area contributed by atoms with E-state index in [4.69, 9.17) is 9.84 Å². The van der Waals surface area contributed by atoms with Gasteiger partial charge in [0.05, 0.1) is 11.6 Å². The van der Waals surface area contributed by atoms with E-state index < -0.39 is 0 Å². The van der Waals surface area contributed by atoms with Gasteiger partial charge in [-0.3, -0.25) is 14.6 Å². The van der Waals surface area contributed by atoms with Gasteiger partial charge in [0, 0.05) is 24.5 Å². The molecule has 2 aromatic rings. The van der Waals surface area contributed by atoms with E-state index in [1.807, 2.05) is 11.8 Å². The molecule has 1 aromatic heterocycles. The second-order valence-corrected chi connectivity index (χ2v) is 6.43. The van der Waals surface area contributed by atoms with Crippen LogP contribution < -0.4 is 4.74 Å². The van der Waals surface area contributed by atoms with Gasteiger partial charge in [-0.1, -0.05) is 0 Å². The first-order valence-electron chi connectivity index (χ1n) is 8.77. The lowest BCUT2D eigenvalue weighted by Crippen LogP contribution is -2.47. The third-order valence-electron chi connectivity index (χ3n) is 4.74. The summed E-state index contributed by atoms with van der Waals surface area (Å²) in [5.74, 6) is 0.497. The lowest BCUT2D eigenvalue weighted by Gasteiger charge is -2.35. The van der Waals surface area contributed by atoms with Gasteiger partial charge < -0.3 is 14.7 Å². The van der Waals surface area contributed by atoms with Gasteiger partial charge in [0.15, 0.2) is 11.8 Å². The number of aldehydes is 1. The molecule has 1 fully saturated rings. The molecule has 6 heteroatoms. The highest BCUT2D eigenvalue weighted by molar-refractivity contribution is 5.95. The molecule has 26 heavy (non-hydrogen) atoms. The number of pyridine rings is 1. The van der Waals surface area contributed by atoms with Crippen molar-refractivity contribution in [1.82, 2.24) is 9.88 Å². The summed E-state index contributed by atoms with van der Waals surface area (Å²) in [6.07, 6.45) is 5.16. The Hall–Kier alpha value is -2.89. The smallest absolute Gasteiger partial charge is 0.268 e. The third kappa shape index (κ3) is 3.69. The van der Waals surface area contributed by atoms with E-state index in [0.29, 0.717) is 36.4 Å². The van der Waals surface area contributed by atoms with Crippen LogP contribution in [0.1, 0.15) is 45.7 Å². The zero-order valence-corrected chi connectivity index (χ0v) is 14.8. The first-order chi connectivity index (χ1) is 12.6. The molecule has 136 valence electrons. The van der Waals surface area contributed by atoms with Crippen LogP contribution in [0.15, 0.2) is 36.5 Å². The van der Waals surface area contributed by atoms with Crippen LogP contribution in [0.25, 0.3) is 0 Å². The molecule has 1 atom stereocenters. The maximum Gasteiger partial charge on any atom is 0.268 e. The van der Waals surface area contributed by atoms with E-state index in [-0.39, 0.29) is 23.3 Å². The predicted molar refractivity (Wildman–Crippen MR) is 98.0 cm³/mol. The van der Waals surface area contributed by atoms with Crippen LogP contribution in [0.5, 0.6) is 11.5 Å². The van der Waals surface area contributed by atoms with Crippen LogP contribution in [0.4, 0.5) is 0 Å². The number of carbonyl (C=O) groups excluding carboxylic acids is 2. The van der Waals surface area contributed by atoms with Crippen molar-refractivity contribution in [2.24, 2.45) is 0 Å². The van der Waals surface area contributed by atoms with Crippen molar-refractivity contribution in [2.75, 3.05) is 13.2 Å². The summed E-state index contributed by atoms with van der Waals surface area (Å²) in [6, 6.07) is 8.43. The van der Waals surface area contributed by atoms with E-state index in [2.05, 4.69) is 4.98 Å². The maximum absolute atomic E-state index is 13.0. The van der Waals surface area contributed by atoms with Gasteiger partial charge in [0.25, 0.3) is 11.7 Å². The molecule has 0 unspecified atom stereocenters. The van der Waals surface area contributed by atoms with Crippen molar-refractivity contribution < 1.29 is 19.4 Å². The summed E-state index contributed by atoms with van der Waals surface area (Å²) in [5.41, 5.74) is 1.57. The zero-order valence-electron chi connectivity index (χ0n) is 14.8. The van der Waals surface area contributed by atoms with Crippen LogP contribution in [-0.2, 0) is 0 Å². The number of hydrogen-bond donors (Lipinski definition) is 0. The largest absolute Gasteiger partial charge is 0.593 e. The molecule has 0 aliphatic carbocycles. The van der Waals surface area contributed by atoms with Crippen LogP contribution >= 0.6 is 0 Å².